The molecule has 5 nitrogen and oxygen atoms in total. The fourth-order valence-electron chi connectivity index (χ4n) is 1.89. The maximum atomic E-state index is 8.78. The quantitative estimate of drug-likeness (QED) is 0.909. The summed E-state index contributed by atoms with van der Waals surface area (Å²) in [6, 6.07) is 7.39. The first-order valence-electron chi connectivity index (χ1n) is 6.23. The van der Waals surface area contributed by atoms with Gasteiger partial charge in [0.25, 0.3) is 0 Å². The summed E-state index contributed by atoms with van der Waals surface area (Å²) in [5.74, 6) is 0.720. The predicted octanol–water partition coefficient (Wildman–Crippen LogP) is 2.19. The summed E-state index contributed by atoms with van der Waals surface area (Å²) < 4.78 is 1.99. The summed E-state index contributed by atoms with van der Waals surface area (Å²) in [6.07, 6.45) is 0. The lowest BCUT2D eigenvalue weighted by molar-refractivity contribution is 0.614. The van der Waals surface area contributed by atoms with Gasteiger partial charge < -0.3 is 5.32 Å². The molecular formula is C14H17N5. The van der Waals surface area contributed by atoms with Crippen molar-refractivity contribution in [3.05, 3.63) is 40.8 Å². The number of nitriles is 1. The molecule has 0 radical (unpaired) electrons. The highest BCUT2D eigenvalue weighted by molar-refractivity contribution is 5.38. The van der Waals surface area contributed by atoms with E-state index in [1.807, 2.05) is 29.8 Å². The van der Waals surface area contributed by atoms with Crippen molar-refractivity contribution in [1.29, 1.82) is 5.26 Å². The van der Waals surface area contributed by atoms with E-state index in [-0.39, 0.29) is 0 Å². The zero-order valence-corrected chi connectivity index (χ0v) is 11.4. The SMILES string of the molecule is Cc1nn(CCNc2cccc(C#N)n2)c(C)c1C. The van der Waals surface area contributed by atoms with Crippen LogP contribution in [0.4, 0.5) is 5.82 Å². The standard InChI is InChI=1S/C14H17N5/c1-10-11(2)18-19(12(10)3)8-7-16-14-6-4-5-13(9-15)17-14/h4-6H,7-8H2,1-3H3,(H,16,17). The third-order valence-corrected chi connectivity index (χ3v) is 3.24. The Bertz CT molecular complexity index is 621. The van der Waals surface area contributed by atoms with Crippen molar-refractivity contribution in [2.75, 3.05) is 11.9 Å². The molecule has 0 saturated heterocycles. The fourth-order valence-corrected chi connectivity index (χ4v) is 1.89. The van der Waals surface area contributed by atoms with Crippen LogP contribution in [-0.4, -0.2) is 21.3 Å². The number of rotatable bonds is 4. The van der Waals surface area contributed by atoms with Gasteiger partial charge >= 0.3 is 0 Å². The van der Waals surface area contributed by atoms with Crippen LogP contribution in [0.15, 0.2) is 18.2 Å². The molecule has 0 bridgehead atoms. The van der Waals surface area contributed by atoms with Gasteiger partial charge in [-0.25, -0.2) is 4.98 Å². The molecule has 19 heavy (non-hydrogen) atoms. The molecular weight excluding hydrogens is 238 g/mol. The van der Waals surface area contributed by atoms with Gasteiger partial charge in [-0.05, 0) is 38.5 Å². The Morgan fingerprint density at radius 2 is 2.11 bits per heavy atom. The van der Waals surface area contributed by atoms with Gasteiger partial charge in [-0.2, -0.15) is 10.4 Å². The molecule has 0 aromatic carbocycles. The van der Waals surface area contributed by atoms with Gasteiger partial charge in [0, 0.05) is 12.2 Å². The molecule has 1 N–H and O–H groups in total. The second-order valence-corrected chi connectivity index (χ2v) is 4.47. The highest BCUT2D eigenvalue weighted by atomic mass is 15.3. The predicted molar refractivity (Wildman–Crippen MR) is 73.9 cm³/mol. The molecule has 98 valence electrons. The maximum absolute atomic E-state index is 8.78. The van der Waals surface area contributed by atoms with Gasteiger partial charge in [-0.1, -0.05) is 6.07 Å². The molecule has 0 aliphatic heterocycles. The normalized spacial score (nSPS) is 10.2. The molecule has 2 heterocycles. The third kappa shape index (κ3) is 2.91. The number of anilines is 1. The lowest BCUT2D eigenvalue weighted by Gasteiger charge is -2.07. The topological polar surface area (TPSA) is 66.5 Å². The van der Waals surface area contributed by atoms with Crippen molar-refractivity contribution in [3.8, 4) is 6.07 Å². The van der Waals surface area contributed by atoms with Crippen LogP contribution in [0.5, 0.6) is 0 Å². The molecule has 0 aliphatic rings. The van der Waals surface area contributed by atoms with Crippen LogP contribution in [-0.2, 0) is 6.54 Å². The second kappa shape index (κ2) is 5.53. The van der Waals surface area contributed by atoms with E-state index in [0.29, 0.717) is 5.69 Å². The van der Waals surface area contributed by atoms with Crippen molar-refractivity contribution in [3.63, 3.8) is 0 Å². The van der Waals surface area contributed by atoms with Crippen LogP contribution in [0.1, 0.15) is 22.6 Å². The minimum absolute atomic E-state index is 0.423. The number of pyridine rings is 1. The third-order valence-electron chi connectivity index (χ3n) is 3.24. The Labute approximate surface area is 112 Å². The number of hydrogen-bond acceptors (Lipinski definition) is 4. The Kier molecular flexibility index (Phi) is 3.81. The van der Waals surface area contributed by atoms with Gasteiger partial charge in [0.15, 0.2) is 0 Å². The number of nitrogens with zero attached hydrogens (tertiary/aromatic N) is 4. The van der Waals surface area contributed by atoms with Crippen molar-refractivity contribution in [1.82, 2.24) is 14.8 Å². The van der Waals surface area contributed by atoms with Gasteiger partial charge in [-0.15, -0.1) is 0 Å². The lowest BCUT2D eigenvalue weighted by Crippen LogP contribution is -2.13. The minimum Gasteiger partial charge on any atom is -0.368 e. The molecule has 0 fully saturated rings. The van der Waals surface area contributed by atoms with E-state index in [1.54, 1.807) is 6.07 Å². The Morgan fingerprint density at radius 1 is 1.32 bits per heavy atom. The van der Waals surface area contributed by atoms with Crippen molar-refractivity contribution in [2.45, 2.75) is 27.3 Å². The number of aryl methyl sites for hydroxylation is 1. The molecule has 2 aromatic heterocycles. The summed E-state index contributed by atoms with van der Waals surface area (Å²) in [5.41, 5.74) is 3.93. The molecule has 0 saturated carbocycles. The van der Waals surface area contributed by atoms with E-state index in [4.69, 9.17) is 5.26 Å². The van der Waals surface area contributed by atoms with E-state index in [2.05, 4.69) is 29.2 Å². The zero-order chi connectivity index (χ0) is 13.8. The summed E-state index contributed by atoms with van der Waals surface area (Å²) in [6.45, 7) is 7.68. The lowest BCUT2D eigenvalue weighted by atomic mass is 10.2. The average Bonchev–Trinajstić information content (AvgIpc) is 2.67. The summed E-state index contributed by atoms with van der Waals surface area (Å²) in [4.78, 5) is 4.17. The van der Waals surface area contributed by atoms with Crippen LogP contribution in [0.3, 0.4) is 0 Å². The fraction of sp³-hybridized carbons (Fsp3) is 0.357. The zero-order valence-electron chi connectivity index (χ0n) is 11.4. The van der Waals surface area contributed by atoms with E-state index in [0.717, 1.165) is 24.6 Å². The molecule has 5 heteroatoms. The van der Waals surface area contributed by atoms with E-state index < -0.39 is 0 Å². The largest absolute Gasteiger partial charge is 0.368 e. The monoisotopic (exact) mass is 255 g/mol. The van der Waals surface area contributed by atoms with E-state index in [9.17, 15) is 0 Å². The molecule has 0 unspecified atom stereocenters. The summed E-state index contributed by atoms with van der Waals surface area (Å²) in [5, 5.41) is 16.5. The van der Waals surface area contributed by atoms with Crippen LogP contribution in [0.2, 0.25) is 0 Å². The van der Waals surface area contributed by atoms with Crippen molar-refractivity contribution in [2.24, 2.45) is 0 Å². The molecule has 2 rings (SSSR count). The number of nitrogens with one attached hydrogen (secondary N) is 1. The van der Waals surface area contributed by atoms with Crippen LogP contribution < -0.4 is 5.32 Å². The minimum atomic E-state index is 0.423. The number of aromatic nitrogens is 3. The summed E-state index contributed by atoms with van der Waals surface area (Å²) >= 11 is 0. The summed E-state index contributed by atoms with van der Waals surface area (Å²) in [7, 11) is 0. The Balaban J connectivity index is 1.96. The van der Waals surface area contributed by atoms with E-state index >= 15 is 0 Å². The van der Waals surface area contributed by atoms with E-state index in [1.165, 1.54) is 11.3 Å². The van der Waals surface area contributed by atoms with Gasteiger partial charge in [-0.3, -0.25) is 4.68 Å². The van der Waals surface area contributed by atoms with Gasteiger partial charge in [0.2, 0.25) is 0 Å². The van der Waals surface area contributed by atoms with Crippen LogP contribution in [0.25, 0.3) is 0 Å². The first-order chi connectivity index (χ1) is 9.11. The number of hydrogen-bond donors (Lipinski definition) is 1. The Hall–Kier alpha value is -2.35. The molecule has 0 amide bonds. The molecule has 0 aliphatic carbocycles. The van der Waals surface area contributed by atoms with Gasteiger partial charge in [0.1, 0.15) is 17.6 Å². The van der Waals surface area contributed by atoms with Crippen LogP contribution >= 0.6 is 0 Å². The smallest absolute Gasteiger partial charge is 0.142 e. The highest BCUT2D eigenvalue weighted by Crippen LogP contribution is 2.10. The first-order valence-corrected chi connectivity index (χ1v) is 6.23. The molecule has 0 atom stereocenters. The first kappa shape index (κ1) is 13.1. The molecule has 0 spiro atoms. The van der Waals surface area contributed by atoms with Crippen molar-refractivity contribution < 1.29 is 0 Å². The highest BCUT2D eigenvalue weighted by Gasteiger charge is 2.06. The molecule has 2 aromatic rings. The second-order valence-electron chi connectivity index (χ2n) is 4.47. The van der Waals surface area contributed by atoms with Crippen LogP contribution in [0, 0.1) is 32.1 Å². The maximum Gasteiger partial charge on any atom is 0.142 e. The van der Waals surface area contributed by atoms with Gasteiger partial charge in [0.05, 0.1) is 12.2 Å². The van der Waals surface area contributed by atoms with Crippen molar-refractivity contribution >= 4 is 5.82 Å². The average molecular weight is 255 g/mol. The Morgan fingerprint density at radius 3 is 2.74 bits per heavy atom.